The topological polar surface area (TPSA) is 3.24 Å². The Hall–Kier alpha value is -1.24. The fourth-order valence-corrected chi connectivity index (χ4v) is 2.50. The van der Waals surface area contributed by atoms with Crippen molar-refractivity contribution in [2.75, 3.05) is 0 Å². The molecule has 19 heavy (non-hydrogen) atoms. The van der Waals surface area contributed by atoms with Crippen molar-refractivity contribution in [3.8, 4) is 0 Å². The molecule has 1 aliphatic carbocycles. The average molecular weight is 259 g/mol. The predicted molar refractivity (Wildman–Crippen MR) is 86.1 cm³/mol. The van der Waals surface area contributed by atoms with E-state index in [1.807, 2.05) is 0 Å². The monoisotopic (exact) mass is 259 g/mol. The molecule has 0 bridgehead atoms. The van der Waals surface area contributed by atoms with Crippen LogP contribution in [-0.4, -0.2) is 17.0 Å². The summed E-state index contributed by atoms with van der Waals surface area (Å²) in [6.07, 6.45) is 16.8. The highest BCUT2D eigenvalue weighted by atomic mass is 15.2. The summed E-state index contributed by atoms with van der Waals surface area (Å²) in [5.74, 6) is 0. The van der Waals surface area contributed by atoms with Gasteiger partial charge in [0.2, 0.25) is 0 Å². The quantitative estimate of drug-likeness (QED) is 0.590. The van der Waals surface area contributed by atoms with Gasteiger partial charge in [-0.25, -0.2) is 0 Å². The minimum Gasteiger partial charge on any atom is -0.362 e. The number of rotatable bonds is 6. The third-order valence-corrected chi connectivity index (χ3v) is 3.95. The number of allylic oxidation sites excluding steroid dienone is 5. The molecule has 0 saturated carbocycles. The van der Waals surface area contributed by atoms with Gasteiger partial charge in [-0.05, 0) is 46.1 Å². The van der Waals surface area contributed by atoms with Crippen molar-refractivity contribution in [2.24, 2.45) is 0 Å². The molecule has 1 heteroatoms. The van der Waals surface area contributed by atoms with Gasteiger partial charge in [-0.3, -0.25) is 0 Å². The third kappa shape index (κ3) is 4.12. The Balaban J connectivity index is 3.14. The van der Waals surface area contributed by atoms with Crippen LogP contribution in [0, 0.1) is 0 Å². The van der Waals surface area contributed by atoms with Crippen LogP contribution in [0.25, 0.3) is 0 Å². The first-order valence-electron chi connectivity index (χ1n) is 7.59. The first-order valence-corrected chi connectivity index (χ1v) is 7.59. The van der Waals surface area contributed by atoms with Crippen LogP contribution in [0.1, 0.15) is 53.9 Å². The maximum absolute atomic E-state index is 2.60. The zero-order chi connectivity index (χ0) is 14.3. The highest BCUT2D eigenvalue weighted by Gasteiger charge is 2.22. The molecule has 0 aromatic rings. The van der Waals surface area contributed by atoms with Crippen LogP contribution >= 0.6 is 0 Å². The molecular formula is C18H29N. The Morgan fingerprint density at radius 3 is 2.58 bits per heavy atom. The van der Waals surface area contributed by atoms with Crippen LogP contribution in [0.4, 0.5) is 0 Å². The van der Waals surface area contributed by atoms with Crippen molar-refractivity contribution in [3.63, 3.8) is 0 Å². The van der Waals surface area contributed by atoms with E-state index in [4.69, 9.17) is 0 Å². The predicted octanol–water partition coefficient (Wildman–Crippen LogP) is 5.23. The van der Waals surface area contributed by atoms with E-state index in [0.29, 0.717) is 12.1 Å². The lowest BCUT2D eigenvalue weighted by atomic mass is 10.0. The van der Waals surface area contributed by atoms with Crippen LogP contribution in [0.15, 0.2) is 47.7 Å². The third-order valence-electron chi connectivity index (χ3n) is 3.95. The summed E-state index contributed by atoms with van der Waals surface area (Å²) in [4.78, 5) is 2.60. The highest BCUT2D eigenvalue weighted by molar-refractivity contribution is 5.27. The SMILES string of the molecule is CC=CC(=C(C)CC)N(C(C)CC)C1C=CC=CC1. The molecule has 0 radical (unpaired) electrons. The summed E-state index contributed by atoms with van der Waals surface area (Å²) in [6, 6.07) is 1.06. The van der Waals surface area contributed by atoms with Crippen molar-refractivity contribution in [2.45, 2.75) is 66.0 Å². The molecule has 0 heterocycles. The molecule has 0 spiro atoms. The minimum atomic E-state index is 0.493. The van der Waals surface area contributed by atoms with E-state index in [0.717, 1.165) is 12.8 Å². The lowest BCUT2D eigenvalue weighted by Crippen LogP contribution is -2.40. The normalized spacial score (nSPS) is 21.6. The molecule has 2 unspecified atom stereocenters. The van der Waals surface area contributed by atoms with Gasteiger partial charge in [0.1, 0.15) is 0 Å². The fourth-order valence-electron chi connectivity index (χ4n) is 2.50. The Bertz CT molecular complexity index is 384. The van der Waals surface area contributed by atoms with Gasteiger partial charge in [0.15, 0.2) is 0 Å². The standard InChI is InChI=1S/C18H29N/c1-6-12-18(15(4)7-2)19(16(5)8-3)17-13-10-9-11-14-17/h6,9-13,16-17H,7-8,14H2,1-5H3. The van der Waals surface area contributed by atoms with Gasteiger partial charge >= 0.3 is 0 Å². The summed E-state index contributed by atoms with van der Waals surface area (Å²) in [5.41, 5.74) is 2.88. The fraction of sp³-hybridized carbons (Fsp3) is 0.556. The average Bonchev–Trinajstić information content (AvgIpc) is 2.46. The van der Waals surface area contributed by atoms with Gasteiger partial charge in [0.25, 0.3) is 0 Å². The van der Waals surface area contributed by atoms with E-state index in [-0.39, 0.29) is 0 Å². The van der Waals surface area contributed by atoms with E-state index < -0.39 is 0 Å². The van der Waals surface area contributed by atoms with Crippen molar-refractivity contribution in [3.05, 3.63) is 47.7 Å². The zero-order valence-electron chi connectivity index (χ0n) is 13.2. The summed E-state index contributed by atoms with van der Waals surface area (Å²) in [5, 5.41) is 0. The maximum Gasteiger partial charge on any atom is 0.0513 e. The van der Waals surface area contributed by atoms with Crippen LogP contribution in [0.3, 0.4) is 0 Å². The van der Waals surface area contributed by atoms with Gasteiger partial charge in [-0.1, -0.05) is 49.8 Å². The molecule has 1 nitrogen and oxygen atoms in total. The van der Waals surface area contributed by atoms with E-state index in [9.17, 15) is 0 Å². The highest BCUT2D eigenvalue weighted by Crippen LogP contribution is 2.26. The molecule has 106 valence electrons. The molecule has 1 aliphatic rings. The van der Waals surface area contributed by atoms with Crippen LogP contribution < -0.4 is 0 Å². The van der Waals surface area contributed by atoms with E-state index >= 15 is 0 Å². The van der Waals surface area contributed by atoms with Crippen LogP contribution in [0.2, 0.25) is 0 Å². The molecule has 1 rings (SSSR count). The van der Waals surface area contributed by atoms with E-state index in [1.54, 1.807) is 0 Å². The first-order chi connectivity index (χ1) is 9.15. The van der Waals surface area contributed by atoms with Crippen LogP contribution in [0.5, 0.6) is 0 Å². The van der Waals surface area contributed by atoms with E-state index in [2.05, 4.69) is 76.0 Å². The molecule has 0 amide bonds. The molecule has 0 saturated heterocycles. The van der Waals surface area contributed by atoms with Gasteiger partial charge in [0, 0.05) is 11.7 Å². The molecule has 0 aromatic heterocycles. The number of hydrogen-bond donors (Lipinski definition) is 0. The zero-order valence-corrected chi connectivity index (χ0v) is 13.2. The lowest BCUT2D eigenvalue weighted by Gasteiger charge is -2.39. The Labute approximate surface area is 119 Å². The van der Waals surface area contributed by atoms with Gasteiger partial charge in [-0.15, -0.1) is 0 Å². The second-order valence-corrected chi connectivity index (χ2v) is 5.30. The maximum atomic E-state index is 2.60. The second-order valence-electron chi connectivity index (χ2n) is 5.30. The Morgan fingerprint density at radius 1 is 1.37 bits per heavy atom. The summed E-state index contributed by atoms with van der Waals surface area (Å²) < 4.78 is 0. The molecule has 0 N–H and O–H groups in total. The van der Waals surface area contributed by atoms with E-state index in [1.165, 1.54) is 17.7 Å². The molecule has 0 aliphatic heterocycles. The van der Waals surface area contributed by atoms with Crippen molar-refractivity contribution >= 4 is 0 Å². The molecule has 2 atom stereocenters. The minimum absolute atomic E-state index is 0.493. The molecule has 0 fully saturated rings. The van der Waals surface area contributed by atoms with Crippen molar-refractivity contribution < 1.29 is 0 Å². The Morgan fingerprint density at radius 2 is 2.11 bits per heavy atom. The summed E-state index contributed by atoms with van der Waals surface area (Å²) in [6.45, 7) is 11.2. The van der Waals surface area contributed by atoms with Crippen molar-refractivity contribution in [1.29, 1.82) is 0 Å². The van der Waals surface area contributed by atoms with Crippen molar-refractivity contribution in [1.82, 2.24) is 4.90 Å². The summed E-state index contributed by atoms with van der Waals surface area (Å²) >= 11 is 0. The summed E-state index contributed by atoms with van der Waals surface area (Å²) in [7, 11) is 0. The first kappa shape index (κ1) is 15.8. The van der Waals surface area contributed by atoms with Gasteiger partial charge < -0.3 is 4.90 Å². The van der Waals surface area contributed by atoms with Gasteiger partial charge in [-0.2, -0.15) is 0 Å². The molecule has 0 aromatic carbocycles. The Kier molecular flexibility index (Phi) is 6.69. The number of nitrogens with zero attached hydrogens (tertiary/aromatic N) is 1. The lowest BCUT2D eigenvalue weighted by molar-refractivity contribution is 0.224. The number of hydrogen-bond acceptors (Lipinski definition) is 1. The van der Waals surface area contributed by atoms with Gasteiger partial charge in [0.05, 0.1) is 6.04 Å². The smallest absolute Gasteiger partial charge is 0.0513 e. The van der Waals surface area contributed by atoms with Crippen LogP contribution in [-0.2, 0) is 0 Å². The second kappa shape index (κ2) is 8.04. The largest absolute Gasteiger partial charge is 0.362 e. The molecular weight excluding hydrogens is 230 g/mol.